The van der Waals surface area contributed by atoms with Crippen molar-refractivity contribution in [3.63, 3.8) is 0 Å². The molecular formula is C12H16BrN5. The molecule has 3 heterocycles. The summed E-state index contributed by atoms with van der Waals surface area (Å²) in [4.78, 5) is 13.7. The Bertz CT molecular complexity index is 567. The van der Waals surface area contributed by atoms with Gasteiger partial charge in [0.15, 0.2) is 11.5 Å². The number of hydrogen-bond donors (Lipinski definition) is 0. The highest BCUT2D eigenvalue weighted by Crippen LogP contribution is 2.24. The van der Waals surface area contributed by atoms with Gasteiger partial charge in [-0.05, 0) is 29.9 Å². The van der Waals surface area contributed by atoms with Crippen molar-refractivity contribution in [3.05, 3.63) is 23.2 Å². The first-order chi connectivity index (χ1) is 8.65. The Hall–Kier alpha value is -1.14. The van der Waals surface area contributed by atoms with E-state index in [9.17, 15) is 0 Å². The van der Waals surface area contributed by atoms with E-state index in [2.05, 4.69) is 49.7 Å². The van der Waals surface area contributed by atoms with Crippen molar-refractivity contribution in [3.8, 4) is 0 Å². The quantitative estimate of drug-likeness (QED) is 0.802. The second-order valence-corrected chi connectivity index (χ2v) is 5.66. The third-order valence-corrected chi connectivity index (χ3v) is 3.81. The fraction of sp³-hybridized carbons (Fsp3) is 0.500. The van der Waals surface area contributed by atoms with Crippen LogP contribution in [0.1, 0.15) is 6.92 Å². The highest BCUT2D eigenvalue weighted by atomic mass is 79.9. The van der Waals surface area contributed by atoms with Crippen LogP contribution in [0.4, 0.5) is 5.82 Å². The molecule has 6 heteroatoms. The zero-order chi connectivity index (χ0) is 12.7. The van der Waals surface area contributed by atoms with Crippen molar-refractivity contribution in [2.75, 3.05) is 31.6 Å². The Morgan fingerprint density at radius 2 is 2.22 bits per heavy atom. The minimum atomic E-state index is 0.450. The zero-order valence-electron chi connectivity index (χ0n) is 10.5. The summed E-state index contributed by atoms with van der Waals surface area (Å²) in [6.45, 7) is 5.34. The lowest BCUT2D eigenvalue weighted by atomic mass is 10.2. The van der Waals surface area contributed by atoms with E-state index in [0.29, 0.717) is 6.04 Å². The fourth-order valence-electron chi connectivity index (χ4n) is 2.53. The molecule has 0 saturated carbocycles. The second-order valence-electron chi connectivity index (χ2n) is 4.85. The minimum Gasteiger partial charge on any atom is -0.348 e. The van der Waals surface area contributed by atoms with E-state index >= 15 is 0 Å². The number of piperazine rings is 1. The molecule has 1 saturated heterocycles. The van der Waals surface area contributed by atoms with Gasteiger partial charge < -0.3 is 14.2 Å². The van der Waals surface area contributed by atoms with Crippen LogP contribution in [0.15, 0.2) is 23.2 Å². The van der Waals surface area contributed by atoms with E-state index in [-0.39, 0.29) is 0 Å². The van der Waals surface area contributed by atoms with E-state index in [1.807, 2.05) is 23.0 Å². The van der Waals surface area contributed by atoms with Crippen molar-refractivity contribution in [1.82, 2.24) is 19.3 Å². The Morgan fingerprint density at radius 3 is 3.00 bits per heavy atom. The number of imidazole rings is 1. The second kappa shape index (κ2) is 4.51. The maximum absolute atomic E-state index is 4.61. The van der Waals surface area contributed by atoms with Gasteiger partial charge >= 0.3 is 0 Å². The molecule has 1 unspecified atom stereocenters. The minimum absolute atomic E-state index is 0.450. The summed E-state index contributed by atoms with van der Waals surface area (Å²) < 4.78 is 2.85. The number of hydrogen-bond acceptors (Lipinski definition) is 4. The van der Waals surface area contributed by atoms with Gasteiger partial charge in [0.25, 0.3) is 0 Å². The predicted molar refractivity (Wildman–Crippen MR) is 75.0 cm³/mol. The first-order valence-corrected chi connectivity index (χ1v) is 6.89. The SMILES string of the molecule is CC1CN(C)CCN1c1nc(Br)cn2ccnc12. The van der Waals surface area contributed by atoms with Gasteiger partial charge in [-0.2, -0.15) is 0 Å². The van der Waals surface area contributed by atoms with Gasteiger partial charge in [-0.1, -0.05) is 0 Å². The molecule has 1 aliphatic rings. The molecular weight excluding hydrogens is 294 g/mol. The van der Waals surface area contributed by atoms with Crippen molar-refractivity contribution in [2.24, 2.45) is 0 Å². The van der Waals surface area contributed by atoms with Crippen LogP contribution in [0.2, 0.25) is 0 Å². The van der Waals surface area contributed by atoms with Gasteiger partial charge in [0.1, 0.15) is 4.60 Å². The molecule has 96 valence electrons. The van der Waals surface area contributed by atoms with Crippen LogP contribution in [0.5, 0.6) is 0 Å². The highest BCUT2D eigenvalue weighted by molar-refractivity contribution is 9.10. The van der Waals surface area contributed by atoms with E-state index in [4.69, 9.17) is 0 Å². The average Bonchev–Trinajstić information content (AvgIpc) is 2.76. The molecule has 0 spiro atoms. The molecule has 0 aromatic carbocycles. The Balaban J connectivity index is 2.05. The average molecular weight is 310 g/mol. The van der Waals surface area contributed by atoms with Gasteiger partial charge in [0.2, 0.25) is 0 Å². The fourth-order valence-corrected chi connectivity index (χ4v) is 2.92. The summed E-state index contributed by atoms with van der Waals surface area (Å²) >= 11 is 3.47. The predicted octanol–water partition coefficient (Wildman–Crippen LogP) is 1.63. The highest BCUT2D eigenvalue weighted by Gasteiger charge is 2.25. The number of likely N-dealkylation sites (N-methyl/N-ethyl adjacent to an activating group) is 1. The van der Waals surface area contributed by atoms with Crippen molar-refractivity contribution < 1.29 is 0 Å². The summed E-state index contributed by atoms with van der Waals surface area (Å²) in [6.07, 6.45) is 5.70. The Kier molecular flexibility index (Phi) is 2.99. The molecule has 18 heavy (non-hydrogen) atoms. The van der Waals surface area contributed by atoms with Crippen LogP contribution in [0, 0.1) is 0 Å². The zero-order valence-corrected chi connectivity index (χ0v) is 12.1. The lowest BCUT2D eigenvalue weighted by Gasteiger charge is -2.39. The normalized spacial score (nSPS) is 21.7. The van der Waals surface area contributed by atoms with Gasteiger partial charge in [-0.25, -0.2) is 9.97 Å². The molecule has 2 aromatic heterocycles. The molecule has 1 atom stereocenters. The van der Waals surface area contributed by atoms with Crippen LogP contribution in [0.3, 0.4) is 0 Å². The number of rotatable bonds is 1. The first kappa shape index (κ1) is 11.9. The molecule has 0 amide bonds. The number of fused-ring (bicyclic) bond motifs is 1. The lowest BCUT2D eigenvalue weighted by Crippen LogP contribution is -2.51. The lowest BCUT2D eigenvalue weighted by molar-refractivity contribution is 0.275. The van der Waals surface area contributed by atoms with Crippen LogP contribution in [-0.4, -0.2) is 52.0 Å². The molecule has 3 rings (SSSR count). The van der Waals surface area contributed by atoms with E-state index in [0.717, 1.165) is 35.7 Å². The van der Waals surface area contributed by atoms with Crippen molar-refractivity contribution in [2.45, 2.75) is 13.0 Å². The molecule has 5 nitrogen and oxygen atoms in total. The summed E-state index contributed by atoms with van der Waals surface area (Å²) in [5.41, 5.74) is 0.926. The molecule has 1 aliphatic heterocycles. The van der Waals surface area contributed by atoms with Crippen LogP contribution < -0.4 is 4.90 Å². The van der Waals surface area contributed by atoms with Gasteiger partial charge in [0.05, 0.1) is 0 Å². The van der Waals surface area contributed by atoms with Crippen LogP contribution in [0.25, 0.3) is 5.65 Å². The molecule has 0 N–H and O–H groups in total. The van der Waals surface area contributed by atoms with Crippen molar-refractivity contribution in [1.29, 1.82) is 0 Å². The Morgan fingerprint density at radius 1 is 1.39 bits per heavy atom. The third kappa shape index (κ3) is 1.99. The topological polar surface area (TPSA) is 36.7 Å². The van der Waals surface area contributed by atoms with Gasteiger partial charge in [-0.3, -0.25) is 0 Å². The summed E-state index contributed by atoms with van der Waals surface area (Å²) in [6, 6.07) is 0.450. The third-order valence-electron chi connectivity index (χ3n) is 3.43. The summed E-state index contributed by atoms with van der Waals surface area (Å²) in [5, 5.41) is 0. The first-order valence-electron chi connectivity index (χ1n) is 6.09. The van der Waals surface area contributed by atoms with Gasteiger partial charge in [0, 0.05) is 44.3 Å². The van der Waals surface area contributed by atoms with Crippen LogP contribution >= 0.6 is 15.9 Å². The monoisotopic (exact) mass is 309 g/mol. The maximum Gasteiger partial charge on any atom is 0.180 e. The summed E-state index contributed by atoms with van der Waals surface area (Å²) in [7, 11) is 2.16. The molecule has 1 fully saturated rings. The molecule has 2 aromatic rings. The molecule has 0 radical (unpaired) electrons. The molecule has 0 bridgehead atoms. The molecule has 0 aliphatic carbocycles. The van der Waals surface area contributed by atoms with E-state index in [1.165, 1.54) is 0 Å². The van der Waals surface area contributed by atoms with Gasteiger partial charge in [-0.15, -0.1) is 0 Å². The number of nitrogens with zero attached hydrogens (tertiary/aromatic N) is 5. The number of aromatic nitrogens is 3. The van der Waals surface area contributed by atoms with E-state index < -0.39 is 0 Å². The number of halogens is 1. The maximum atomic E-state index is 4.61. The smallest absolute Gasteiger partial charge is 0.180 e. The van der Waals surface area contributed by atoms with E-state index in [1.54, 1.807) is 0 Å². The number of anilines is 1. The van der Waals surface area contributed by atoms with Crippen molar-refractivity contribution >= 4 is 27.4 Å². The summed E-state index contributed by atoms with van der Waals surface area (Å²) in [5.74, 6) is 0.968. The largest absolute Gasteiger partial charge is 0.348 e. The standard InChI is InChI=1S/C12H16BrN5/c1-9-7-16(2)5-6-18(9)12-11-14-3-4-17(11)8-10(13)15-12/h3-4,8-9H,5-7H2,1-2H3. The van der Waals surface area contributed by atoms with Crippen LogP contribution in [-0.2, 0) is 0 Å². The Labute approximate surface area is 115 Å².